The van der Waals surface area contributed by atoms with Gasteiger partial charge in [-0.3, -0.25) is 0 Å². The maximum atomic E-state index is 9.06. The van der Waals surface area contributed by atoms with Crippen molar-refractivity contribution in [1.82, 2.24) is 0 Å². The Hall–Kier alpha value is -1.83. The van der Waals surface area contributed by atoms with E-state index in [1.165, 1.54) is 0 Å². The Balaban J connectivity index is 2.35. The normalized spacial score (nSPS) is 9.83. The Labute approximate surface area is 113 Å². The van der Waals surface area contributed by atoms with Crippen molar-refractivity contribution >= 4 is 15.9 Å². The highest BCUT2D eigenvalue weighted by atomic mass is 79.9. The summed E-state index contributed by atoms with van der Waals surface area (Å²) in [6, 6.07) is 14.5. The molecule has 3 nitrogen and oxygen atoms in total. The number of aliphatic hydroxyl groups is 1. The van der Waals surface area contributed by atoms with Crippen LogP contribution >= 0.6 is 15.9 Å². The lowest BCUT2D eigenvalue weighted by Gasteiger charge is -2.09. The average Bonchev–Trinajstić information content (AvgIpc) is 2.41. The first-order chi connectivity index (χ1) is 8.74. The molecule has 0 aliphatic carbocycles. The summed E-state index contributed by atoms with van der Waals surface area (Å²) in [7, 11) is 0. The summed E-state index contributed by atoms with van der Waals surface area (Å²) in [5.74, 6) is 1.12. The van der Waals surface area contributed by atoms with Gasteiger partial charge < -0.3 is 9.84 Å². The van der Waals surface area contributed by atoms with Crippen LogP contribution in [0, 0.1) is 11.3 Å². The van der Waals surface area contributed by atoms with Gasteiger partial charge in [-0.1, -0.05) is 18.2 Å². The molecule has 0 radical (unpaired) electrons. The lowest BCUT2D eigenvalue weighted by Crippen LogP contribution is -1.91. The third kappa shape index (κ3) is 2.70. The van der Waals surface area contributed by atoms with Crippen LogP contribution in [0.3, 0.4) is 0 Å². The summed E-state index contributed by atoms with van der Waals surface area (Å²) in [6.45, 7) is -0.0933. The van der Waals surface area contributed by atoms with Crippen molar-refractivity contribution < 1.29 is 9.84 Å². The molecule has 0 heterocycles. The summed E-state index contributed by atoms with van der Waals surface area (Å²) in [5.41, 5.74) is 1.09. The first kappa shape index (κ1) is 12.6. The number of halogens is 1. The molecule has 0 aliphatic heterocycles. The van der Waals surface area contributed by atoms with E-state index in [-0.39, 0.29) is 6.61 Å². The molecule has 1 N–H and O–H groups in total. The monoisotopic (exact) mass is 303 g/mol. The molecule has 2 rings (SSSR count). The molecule has 90 valence electrons. The van der Waals surface area contributed by atoms with Gasteiger partial charge in [0, 0.05) is 0 Å². The van der Waals surface area contributed by atoms with Crippen LogP contribution in [0.4, 0.5) is 0 Å². The number of ether oxygens (including phenoxy) is 1. The van der Waals surface area contributed by atoms with Crippen LogP contribution < -0.4 is 4.74 Å². The van der Waals surface area contributed by atoms with Crippen LogP contribution in [0.5, 0.6) is 11.5 Å². The quantitative estimate of drug-likeness (QED) is 0.942. The van der Waals surface area contributed by atoms with Crippen LogP contribution in [-0.4, -0.2) is 5.11 Å². The zero-order valence-electron chi connectivity index (χ0n) is 9.43. The maximum Gasteiger partial charge on any atom is 0.145 e. The van der Waals surface area contributed by atoms with E-state index >= 15 is 0 Å². The third-order valence-electron chi connectivity index (χ3n) is 2.40. The average molecular weight is 304 g/mol. The molecule has 2 aromatic carbocycles. The first-order valence-corrected chi connectivity index (χ1v) is 6.10. The highest BCUT2D eigenvalue weighted by Gasteiger charge is 2.07. The van der Waals surface area contributed by atoms with Crippen molar-refractivity contribution in [3.63, 3.8) is 0 Å². The van der Waals surface area contributed by atoms with Crippen molar-refractivity contribution in [2.75, 3.05) is 0 Å². The second-order valence-corrected chi connectivity index (χ2v) is 4.49. The van der Waals surface area contributed by atoms with E-state index in [0.717, 1.165) is 4.47 Å². The fourth-order valence-electron chi connectivity index (χ4n) is 1.50. The largest absolute Gasteiger partial charge is 0.455 e. The SMILES string of the molecule is N#Cc1cc(CO)ccc1Oc1ccccc1Br. The zero-order chi connectivity index (χ0) is 13.0. The molecular weight excluding hydrogens is 294 g/mol. The molecule has 18 heavy (non-hydrogen) atoms. The predicted molar refractivity (Wildman–Crippen MR) is 71.3 cm³/mol. The van der Waals surface area contributed by atoms with Gasteiger partial charge in [-0.2, -0.15) is 5.26 Å². The van der Waals surface area contributed by atoms with Crippen LogP contribution in [0.15, 0.2) is 46.9 Å². The molecular formula is C14H10BrNO2. The second-order valence-electron chi connectivity index (χ2n) is 3.63. The predicted octanol–water partition coefficient (Wildman–Crippen LogP) is 3.61. The minimum atomic E-state index is -0.0933. The van der Waals surface area contributed by atoms with Gasteiger partial charge in [0.25, 0.3) is 0 Å². The van der Waals surface area contributed by atoms with Crippen LogP contribution in [0.25, 0.3) is 0 Å². The van der Waals surface area contributed by atoms with Crippen molar-refractivity contribution in [2.45, 2.75) is 6.61 Å². The summed E-state index contributed by atoms with van der Waals surface area (Å²) >= 11 is 3.38. The number of benzene rings is 2. The van der Waals surface area contributed by atoms with Gasteiger partial charge in [-0.05, 0) is 45.8 Å². The minimum absolute atomic E-state index is 0.0933. The van der Waals surface area contributed by atoms with Gasteiger partial charge in [-0.25, -0.2) is 0 Å². The molecule has 0 aromatic heterocycles. The molecule has 0 unspecified atom stereocenters. The van der Waals surface area contributed by atoms with Gasteiger partial charge in [0.15, 0.2) is 0 Å². The highest BCUT2D eigenvalue weighted by Crippen LogP contribution is 2.31. The lowest BCUT2D eigenvalue weighted by molar-refractivity contribution is 0.281. The van der Waals surface area contributed by atoms with Gasteiger partial charge in [0.05, 0.1) is 16.6 Å². The molecule has 0 fully saturated rings. The number of hydrogen-bond donors (Lipinski definition) is 1. The topological polar surface area (TPSA) is 53.2 Å². The van der Waals surface area contributed by atoms with Gasteiger partial charge >= 0.3 is 0 Å². The first-order valence-electron chi connectivity index (χ1n) is 5.31. The fourth-order valence-corrected chi connectivity index (χ4v) is 1.86. The number of aliphatic hydroxyl groups excluding tert-OH is 1. The molecule has 0 aliphatic rings. The Bertz CT molecular complexity index is 605. The maximum absolute atomic E-state index is 9.06. The van der Waals surface area contributed by atoms with E-state index in [9.17, 15) is 0 Å². The Kier molecular flexibility index (Phi) is 3.98. The minimum Gasteiger partial charge on any atom is -0.455 e. The Morgan fingerprint density at radius 2 is 1.94 bits per heavy atom. The Morgan fingerprint density at radius 3 is 2.61 bits per heavy atom. The lowest BCUT2D eigenvalue weighted by atomic mass is 10.1. The van der Waals surface area contributed by atoms with Gasteiger partial charge in [0.2, 0.25) is 0 Å². The van der Waals surface area contributed by atoms with Crippen molar-refractivity contribution in [3.8, 4) is 17.6 Å². The molecule has 4 heteroatoms. The van der Waals surface area contributed by atoms with Crippen molar-refractivity contribution in [2.24, 2.45) is 0 Å². The summed E-state index contributed by atoms with van der Waals surface area (Å²) in [4.78, 5) is 0. The van der Waals surface area contributed by atoms with E-state index in [1.807, 2.05) is 24.3 Å². The summed E-state index contributed by atoms with van der Waals surface area (Å²) < 4.78 is 6.50. The highest BCUT2D eigenvalue weighted by molar-refractivity contribution is 9.10. The number of nitrogens with zero attached hydrogens (tertiary/aromatic N) is 1. The summed E-state index contributed by atoms with van der Waals surface area (Å²) in [5, 5.41) is 18.1. The number of hydrogen-bond acceptors (Lipinski definition) is 3. The third-order valence-corrected chi connectivity index (χ3v) is 3.06. The van der Waals surface area contributed by atoms with Crippen molar-refractivity contribution in [1.29, 1.82) is 5.26 Å². The summed E-state index contributed by atoms with van der Waals surface area (Å²) in [6.07, 6.45) is 0. The molecule has 0 amide bonds. The standard InChI is InChI=1S/C14H10BrNO2/c15-12-3-1-2-4-14(12)18-13-6-5-10(9-17)7-11(13)8-16/h1-7,17H,9H2. The fraction of sp³-hybridized carbons (Fsp3) is 0.0714. The second kappa shape index (κ2) is 5.67. The molecule has 0 saturated heterocycles. The number of para-hydroxylation sites is 1. The van der Waals surface area contributed by atoms with Crippen molar-refractivity contribution in [3.05, 3.63) is 58.1 Å². The van der Waals surface area contributed by atoms with E-state index in [1.54, 1.807) is 18.2 Å². The van der Waals surface area contributed by atoms with E-state index < -0.39 is 0 Å². The van der Waals surface area contributed by atoms with Gasteiger partial charge in [0.1, 0.15) is 17.6 Å². The van der Waals surface area contributed by atoms with E-state index in [0.29, 0.717) is 22.6 Å². The van der Waals surface area contributed by atoms with Crippen LogP contribution in [-0.2, 0) is 6.61 Å². The van der Waals surface area contributed by atoms with E-state index in [4.69, 9.17) is 15.1 Å². The molecule has 0 atom stereocenters. The van der Waals surface area contributed by atoms with Crippen LogP contribution in [0.2, 0.25) is 0 Å². The van der Waals surface area contributed by atoms with Crippen LogP contribution in [0.1, 0.15) is 11.1 Å². The Morgan fingerprint density at radius 1 is 1.17 bits per heavy atom. The molecule has 0 saturated carbocycles. The number of rotatable bonds is 3. The van der Waals surface area contributed by atoms with Gasteiger partial charge in [-0.15, -0.1) is 0 Å². The molecule has 2 aromatic rings. The van der Waals surface area contributed by atoms with E-state index in [2.05, 4.69) is 22.0 Å². The molecule has 0 bridgehead atoms. The zero-order valence-corrected chi connectivity index (χ0v) is 11.0. The number of nitriles is 1. The molecule has 0 spiro atoms. The smallest absolute Gasteiger partial charge is 0.145 e.